The second-order valence-corrected chi connectivity index (χ2v) is 10.1. The molecule has 36 heavy (non-hydrogen) atoms. The molecular weight excluding hydrogens is 466 g/mol. The van der Waals surface area contributed by atoms with E-state index in [0.29, 0.717) is 12.0 Å². The molecule has 0 aromatic rings. The summed E-state index contributed by atoms with van der Waals surface area (Å²) in [6.45, 7) is 5.25. The molecular formula is C27H41NO8. The lowest BCUT2D eigenvalue weighted by atomic mass is 9.85. The summed E-state index contributed by atoms with van der Waals surface area (Å²) in [5, 5.41) is 23.5. The highest BCUT2D eigenvalue weighted by molar-refractivity contribution is 5.97. The summed E-state index contributed by atoms with van der Waals surface area (Å²) in [5.41, 5.74) is 0.635. The van der Waals surface area contributed by atoms with Crippen molar-refractivity contribution in [3.8, 4) is 0 Å². The van der Waals surface area contributed by atoms with Crippen LogP contribution >= 0.6 is 0 Å². The molecule has 0 spiro atoms. The molecule has 0 bridgehead atoms. The minimum atomic E-state index is -1.02. The van der Waals surface area contributed by atoms with Gasteiger partial charge < -0.3 is 19.7 Å². The predicted octanol–water partition coefficient (Wildman–Crippen LogP) is 2.39. The maximum absolute atomic E-state index is 13.1. The Balaban J connectivity index is 2.14. The number of hydrogen-bond donors (Lipinski definition) is 3. The summed E-state index contributed by atoms with van der Waals surface area (Å²) in [6.07, 6.45) is 5.02. The Bertz CT molecular complexity index is 835. The third-order valence-electron chi connectivity index (χ3n) is 6.94. The molecule has 1 unspecified atom stereocenters. The summed E-state index contributed by atoms with van der Waals surface area (Å²) in [5.74, 6) is -2.83. The van der Waals surface area contributed by atoms with Crippen molar-refractivity contribution in [3.05, 3.63) is 23.8 Å². The van der Waals surface area contributed by atoms with E-state index >= 15 is 0 Å². The molecule has 1 saturated heterocycles. The van der Waals surface area contributed by atoms with E-state index < -0.39 is 36.3 Å². The number of imide groups is 1. The Morgan fingerprint density at radius 2 is 1.89 bits per heavy atom. The quantitative estimate of drug-likeness (QED) is 0.271. The fourth-order valence-corrected chi connectivity index (χ4v) is 4.87. The van der Waals surface area contributed by atoms with E-state index in [-0.39, 0.29) is 61.5 Å². The number of carbonyl (C=O) groups excluding carboxylic acids is 4. The van der Waals surface area contributed by atoms with Gasteiger partial charge in [-0.05, 0) is 44.1 Å². The molecule has 2 amide bonds. The Morgan fingerprint density at radius 3 is 2.53 bits per heavy atom. The van der Waals surface area contributed by atoms with Crippen LogP contribution in [0.4, 0.5) is 0 Å². The number of amides is 2. The zero-order valence-corrected chi connectivity index (χ0v) is 21.8. The van der Waals surface area contributed by atoms with Gasteiger partial charge in [-0.2, -0.15) is 0 Å². The highest BCUT2D eigenvalue weighted by Crippen LogP contribution is 2.26. The van der Waals surface area contributed by atoms with Gasteiger partial charge in [0.1, 0.15) is 18.0 Å². The molecule has 0 aromatic heterocycles. The summed E-state index contributed by atoms with van der Waals surface area (Å²) in [4.78, 5) is 48.8. The topological polar surface area (TPSA) is 139 Å². The maximum atomic E-state index is 13.1. The summed E-state index contributed by atoms with van der Waals surface area (Å²) >= 11 is 0. The predicted molar refractivity (Wildman–Crippen MR) is 132 cm³/mol. The van der Waals surface area contributed by atoms with Crippen molar-refractivity contribution in [1.29, 1.82) is 0 Å². The van der Waals surface area contributed by atoms with E-state index in [0.717, 1.165) is 12.8 Å². The van der Waals surface area contributed by atoms with Gasteiger partial charge in [-0.15, -0.1) is 0 Å². The van der Waals surface area contributed by atoms with Gasteiger partial charge in [0.15, 0.2) is 0 Å². The zero-order valence-electron chi connectivity index (χ0n) is 21.8. The first-order valence-corrected chi connectivity index (χ1v) is 12.8. The molecule has 202 valence electrons. The lowest BCUT2D eigenvalue weighted by molar-refractivity contribution is -0.151. The van der Waals surface area contributed by atoms with Crippen LogP contribution < -0.4 is 5.32 Å². The number of ketones is 1. The van der Waals surface area contributed by atoms with Crippen molar-refractivity contribution in [2.24, 2.45) is 17.8 Å². The van der Waals surface area contributed by atoms with Crippen LogP contribution in [0.15, 0.2) is 23.8 Å². The lowest BCUT2D eigenvalue weighted by Gasteiger charge is -2.28. The Labute approximate surface area is 213 Å². The van der Waals surface area contributed by atoms with Gasteiger partial charge in [0.05, 0.1) is 18.1 Å². The highest BCUT2D eigenvalue weighted by Gasteiger charge is 2.33. The average Bonchev–Trinajstić information content (AvgIpc) is 2.79. The zero-order chi connectivity index (χ0) is 26.8. The van der Waals surface area contributed by atoms with Gasteiger partial charge in [-0.3, -0.25) is 24.5 Å². The molecule has 2 rings (SSSR count). The maximum Gasteiger partial charge on any atom is 0.306 e. The van der Waals surface area contributed by atoms with Gasteiger partial charge >= 0.3 is 5.97 Å². The first-order chi connectivity index (χ1) is 17.0. The number of allylic oxidation sites excluding steroid dienone is 1. The average molecular weight is 508 g/mol. The van der Waals surface area contributed by atoms with Crippen molar-refractivity contribution in [3.63, 3.8) is 0 Å². The Morgan fingerprint density at radius 1 is 1.22 bits per heavy atom. The van der Waals surface area contributed by atoms with E-state index in [4.69, 9.17) is 9.47 Å². The molecule has 9 heteroatoms. The molecule has 0 radical (unpaired) electrons. The van der Waals surface area contributed by atoms with E-state index in [1.807, 2.05) is 19.1 Å². The number of esters is 1. The third-order valence-corrected chi connectivity index (χ3v) is 6.94. The number of piperidine rings is 1. The third kappa shape index (κ3) is 9.26. The molecule has 2 heterocycles. The normalized spacial score (nSPS) is 31.3. The molecule has 0 aromatic carbocycles. The van der Waals surface area contributed by atoms with Crippen molar-refractivity contribution < 1.29 is 38.9 Å². The second-order valence-electron chi connectivity index (χ2n) is 10.1. The molecule has 2 aliphatic rings. The Kier molecular flexibility index (Phi) is 11.9. The first-order valence-electron chi connectivity index (χ1n) is 12.8. The number of aliphatic hydroxyl groups excluding tert-OH is 2. The molecule has 1 fully saturated rings. The second kappa shape index (κ2) is 14.4. The number of rotatable bonds is 7. The number of ether oxygens (including phenoxy) is 2. The highest BCUT2D eigenvalue weighted by atomic mass is 16.5. The van der Waals surface area contributed by atoms with Crippen molar-refractivity contribution >= 4 is 23.6 Å². The first kappa shape index (κ1) is 29.9. The van der Waals surface area contributed by atoms with Crippen LogP contribution in [0.2, 0.25) is 0 Å². The van der Waals surface area contributed by atoms with Gasteiger partial charge in [-0.25, -0.2) is 0 Å². The van der Waals surface area contributed by atoms with Crippen molar-refractivity contribution in [2.45, 2.75) is 96.6 Å². The lowest BCUT2D eigenvalue weighted by Crippen LogP contribution is -2.40. The van der Waals surface area contributed by atoms with Crippen LogP contribution in [0.5, 0.6) is 0 Å². The van der Waals surface area contributed by atoms with Crippen molar-refractivity contribution in [2.75, 3.05) is 7.11 Å². The monoisotopic (exact) mass is 507 g/mol. The number of hydrogen-bond acceptors (Lipinski definition) is 8. The number of methoxy groups -OCH3 is 1. The van der Waals surface area contributed by atoms with Crippen LogP contribution in [0.3, 0.4) is 0 Å². The van der Waals surface area contributed by atoms with E-state index in [1.54, 1.807) is 19.9 Å². The summed E-state index contributed by atoms with van der Waals surface area (Å²) < 4.78 is 11.2. The number of nitrogens with one attached hydrogen (secondary N) is 1. The van der Waals surface area contributed by atoms with Gasteiger partial charge in [0, 0.05) is 38.7 Å². The number of Topliss-reactive ketones (excluding diaryl/α,β-unsaturated/α-hetero) is 1. The minimum Gasteiger partial charge on any atom is -0.457 e. The minimum absolute atomic E-state index is 0.131. The number of aliphatic hydroxyl groups is 2. The van der Waals surface area contributed by atoms with Crippen LogP contribution in [0.1, 0.15) is 72.1 Å². The summed E-state index contributed by atoms with van der Waals surface area (Å²) in [7, 11) is 1.54. The SMILES string of the molecule is CO[C@H]1/C=C/CCCCC(=O)O[C@H]([C@H](C)C(=O)CC(O)CC2CC(=O)NC(=O)C2)/C(C)=C\[C@@H](C)[C@@H]1O. The largest absolute Gasteiger partial charge is 0.457 e. The van der Waals surface area contributed by atoms with Crippen LogP contribution in [0.25, 0.3) is 0 Å². The van der Waals surface area contributed by atoms with Crippen molar-refractivity contribution in [1.82, 2.24) is 5.32 Å². The van der Waals surface area contributed by atoms with Crippen LogP contribution in [0, 0.1) is 17.8 Å². The molecule has 3 N–H and O–H groups in total. The number of cyclic esters (lactones) is 1. The summed E-state index contributed by atoms with van der Waals surface area (Å²) in [6, 6.07) is 0. The fraction of sp³-hybridized carbons (Fsp3) is 0.704. The Hall–Kier alpha value is -2.36. The molecule has 2 aliphatic heterocycles. The van der Waals surface area contributed by atoms with E-state index in [2.05, 4.69) is 5.32 Å². The molecule has 9 nitrogen and oxygen atoms in total. The fourth-order valence-electron chi connectivity index (χ4n) is 4.87. The van der Waals surface area contributed by atoms with E-state index in [9.17, 15) is 29.4 Å². The molecule has 0 aliphatic carbocycles. The molecule has 0 saturated carbocycles. The smallest absolute Gasteiger partial charge is 0.306 e. The van der Waals surface area contributed by atoms with E-state index in [1.165, 1.54) is 7.11 Å². The van der Waals surface area contributed by atoms with Gasteiger partial charge in [0.25, 0.3) is 0 Å². The molecule has 6 atom stereocenters. The van der Waals surface area contributed by atoms with Crippen LogP contribution in [-0.4, -0.2) is 65.3 Å². The van der Waals surface area contributed by atoms with Crippen LogP contribution in [-0.2, 0) is 28.7 Å². The van der Waals surface area contributed by atoms with Gasteiger partial charge in [0.2, 0.25) is 11.8 Å². The standard InChI is InChI=1S/C27H41NO8/c1-16-11-17(2)27(36-25(33)10-8-6-5-7-9-22(35-4)26(16)34)18(3)21(30)15-20(29)12-19-13-23(31)28-24(32)14-19/h7,9,11,16,18-20,22,26-27,29,34H,5-6,8,10,12-15H2,1-4H3,(H,28,31,32)/b9-7+,17-11-/t16-,18-,20?,22+,26+,27+/m1/s1. The van der Waals surface area contributed by atoms with Gasteiger partial charge in [-0.1, -0.05) is 32.1 Å². The number of carbonyl (C=O) groups is 4.